The van der Waals surface area contributed by atoms with Gasteiger partial charge in [0.1, 0.15) is 15.9 Å². The summed E-state index contributed by atoms with van der Waals surface area (Å²) >= 11 is 7.78. The molecular weight excluding hydrogens is 475 g/mol. The molecule has 172 valence electrons. The van der Waals surface area contributed by atoms with E-state index in [1.807, 2.05) is 0 Å². The summed E-state index contributed by atoms with van der Waals surface area (Å²) in [5.74, 6) is 0. The van der Waals surface area contributed by atoms with Crippen molar-refractivity contribution in [3.63, 3.8) is 0 Å². The van der Waals surface area contributed by atoms with Crippen LogP contribution in [0.4, 0.5) is 0 Å². The molecular formula is C34H25ClP+. The van der Waals surface area contributed by atoms with Gasteiger partial charge < -0.3 is 0 Å². The van der Waals surface area contributed by atoms with E-state index in [-0.39, 0.29) is 0 Å². The molecule has 6 rings (SSSR count). The normalized spacial score (nSPS) is 14.2. The van der Waals surface area contributed by atoms with Crippen LogP contribution in [-0.2, 0) is 0 Å². The van der Waals surface area contributed by atoms with Crippen molar-refractivity contribution < 1.29 is 0 Å². The van der Waals surface area contributed by atoms with E-state index in [9.17, 15) is 0 Å². The Hall–Kier alpha value is -3.70. The third-order valence-corrected chi connectivity index (χ3v) is 11.8. The Morgan fingerprint density at radius 1 is 0.444 bits per heavy atom. The number of benzene rings is 5. The lowest BCUT2D eigenvalue weighted by atomic mass is 9.99. The molecule has 2 heteroatoms. The summed E-state index contributed by atoms with van der Waals surface area (Å²) in [5, 5.41) is 3.75. The van der Waals surface area contributed by atoms with Crippen molar-refractivity contribution in [2.45, 2.75) is 0 Å². The Balaban J connectivity index is 1.73. The number of allylic oxidation sites excluding steroid dienone is 2. The van der Waals surface area contributed by atoms with E-state index in [4.69, 9.17) is 11.6 Å². The van der Waals surface area contributed by atoms with Crippen LogP contribution in [-0.4, -0.2) is 0 Å². The molecule has 0 radical (unpaired) electrons. The molecule has 0 spiro atoms. The molecule has 36 heavy (non-hydrogen) atoms. The number of rotatable bonds is 5. The average molecular weight is 500 g/mol. The van der Waals surface area contributed by atoms with Gasteiger partial charge in [0.2, 0.25) is 0 Å². The van der Waals surface area contributed by atoms with E-state index < -0.39 is 7.26 Å². The largest absolute Gasteiger partial charge is 0.182 e. The van der Waals surface area contributed by atoms with Crippen molar-refractivity contribution in [3.8, 4) is 0 Å². The molecule has 5 aromatic rings. The van der Waals surface area contributed by atoms with Crippen molar-refractivity contribution in [3.05, 3.63) is 173 Å². The van der Waals surface area contributed by atoms with Crippen LogP contribution in [0.25, 0.3) is 11.1 Å². The molecule has 5 aromatic carbocycles. The summed E-state index contributed by atoms with van der Waals surface area (Å²) in [6.45, 7) is 0. The highest BCUT2D eigenvalue weighted by molar-refractivity contribution is 8.00. The van der Waals surface area contributed by atoms with Crippen LogP contribution >= 0.6 is 18.9 Å². The van der Waals surface area contributed by atoms with Crippen molar-refractivity contribution in [2.75, 3.05) is 0 Å². The lowest BCUT2D eigenvalue weighted by Gasteiger charge is -2.27. The summed E-state index contributed by atoms with van der Waals surface area (Å²) in [6, 6.07) is 51.6. The van der Waals surface area contributed by atoms with Crippen LogP contribution in [0, 0.1) is 0 Å². The van der Waals surface area contributed by atoms with E-state index in [1.54, 1.807) is 0 Å². The Bertz CT molecular complexity index is 1460. The fourth-order valence-electron chi connectivity index (χ4n) is 5.20. The zero-order valence-electron chi connectivity index (χ0n) is 19.8. The van der Waals surface area contributed by atoms with Gasteiger partial charge in [-0.3, -0.25) is 0 Å². The maximum absolute atomic E-state index is 7.78. The maximum Gasteiger partial charge on any atom is 0.182 e. The number of hydrogen-bond acceptors (Lipinski definition) is 0. The minimum atomic E-state index is -2.37. The minimum absolute atomic E-state index is 0.907. The third kappa shape index (κ3) is 3.75. The number of fused-ring (bicyclic) bond motifs is 1. The molecule has 0 nitrogen and oxygen atoms in total. The standard InChI is InChI=1S/C34H25ClP/c35-34(33-25-32(26-15-5-1-6-16-26)30-23-13-14-24-31(30)33)36(27-17-7-2-8-18-27,28-19-9-3-10-20-28)29-21-11-4-12-22-29/h1-25H/q+1/b34-33+. The minimum Gasteiger partial charge on any atom is -0.0622 e. The summed E-state index contributed by atoms with van der Waals surface area (Å²) < 4.78 is 0.907. The lowest BCUT2D eigenvalue weighted by molar-refractivity contribution is 1.55. The predicted octanol–water partition coefficient (Wildman–Crippen LogP) is 8.03. The molecule has 0 heterocycles. The predicted molar refractivity (Wildman–Crippen MR) is 158 cm³/mol. The van der Waals surface area contributed by atoms with Crippen molar-refractivity contribution in [1.29, 1.82) is 0 Å². The molecule has 0 saturated heterocycles. The van der Waals surface area contributed by atoms with Crippen molar-refractivity contribution in [1.82, 2.24) is 0 Å². The fourth-order valence-corrected chi connectivity index (χ4v) is 10.2. The molecule has 0 unspecified atom stereocenters. The molecule has 1 aliphatic rings. The zero-order chi connectivity index (χ0) is 24.4. The Morgan fingerprint density at radius 2 is 0.833 bits per heavy atom. The molecule has 0 fully saturated rings. The average Bonchev–Trinajstić information content (AvgIpc) is 3.35. The van der Waals surface area contributed by atoms with Gasteiger partial charge in [0.15, 0.2) is 12.0 Å². The highest BCUT2D eigenvalue weighted by atomic mass is 35.5. The van der Waals surface area contributed by atoms with Crippen LogP contribution in [0.3, 0.4) is 0 Å². The molecule has 0 amide bonds. The van der Waals surface area contributed by atoms with Gasteiger partial charge in [0.05, 0.1) is 0 Å². The van der Waals surface area contributed by atoms with Gasteiger partial charge in [0, 0.05) is 5.57 Å². The van der Waals surface area contributed by atoms with Crippen LogP contribution < -0.4 is 15.9 Å². The fraction of sp³-hybridized carbons (Fsp3) is 0. The van der Waals surface area contributed by atoms with Crippen molar-refractivity contribution in [2.24, 2.45) is 0 Å². The van der Waals surface area contributed by atoms with Gasteiger partial charge in [0.25, 0.3) is 0 Å². The molecule has 0 aromatic heterocycles. The van der Waals surface area contributed by atoms with Gasteiger partial charge in [-0.15, -0.1) is 0 Å². The van der Waals surface area contributed by atoms with Crippen LogP contribution in [0.2, 0.25) is 0 Å². The zero-order valence-corrected chi connectivity index (χ0v) is 21.4. The summed E-state index contributed by atoms with van der Waals surface area (Å²) in [4.78, 5) is 0. The molecule has 1 aliphatic carbocycles. The topological polar surface area (TPSA) is 0 Å². The smallest absolute Gasteiger partial charge is 0.0622 e. The first-order valence-corrected chi connectivity index (χ1v) is 14.3. The van der Waals surface area contributed by atoms with Crippen LogP contribution in [0.1, 0.15) is 16.7 Å². The monoisotopic (exact) mass is 499 g/mol. The Kier molecular flexibility index (Phi) is 6.16. The van der Waals surface area contributed by atoms with E-state index in [2.05, 4.69) is 152 Å². The second-order valence-corrected chi connectivity index (χ2v) is 12.8. The summed E-state index contributed by atoms with van der Waals surface area (Å²) in [6.07, 6.45) is 2.30. The maximum atomic E-state index is 7.78. The van der Waals surface area contributed by atoms with Gasteiger partial charge >= 0.3 is 0 Å². The second-order valence-electron chi connectivity index (χ2n) is 8.85. The van der Waals surface area contributed by atoms with Crippen LogP contribution in [0.15, 0.2) is 156 Å². The third-order valence-electron chi connectivity index (χ3n) is 6.83. The van der Waals surface area contributed by atoms with Gasteiger partial charge in [-0.05, 0) is 76.3 Å². The number of hydrogen-bond donors (Lipinski definition) is 0. The summed E-state index contributed by atoms with van der Waals surface area (Å²) in [5.41, 5.74) is 5.94. The highest BCUT2D eigenvalue weighted by Crippen LogP contribution is 2.66. The molecule has 0 atom stereocenters. The SMILES string of the molecule is Cl/C(=C1/C=C(c2ccccc2)c2ccccc21)[P+](c1ccccc1)(c1ccccc1)c1ccccc1. The van der Waals surface area contributed by atoms with Crippen molar-refractivity contribution >= 4 is 45.9 Å². The van der Waals surface area contributed by atoms with Gasteiger partial charge in [-0.1, -0.05) is 109 Å². The first-order chi connectivity index (χ1) is 17.8. The first kappa shape index (κ1) is 22.7. The van der Waals surface area contributed by atoms with E-state index in [1.165, 1.54) is 38.2 Å². The first-order valence-electron chi connectivity index (χ1n) is 12.1. The Morgan fingerprint density at radius 3 is 1.31 bits per heavy atom. The number of halogens is 1. The molecule has 0 bridgehead atoms. The molecule has 0 N–H and O–H groups in total. The highest BCUT2D eigenvalue weighted by Gasteiger charge is 2.51. The van der Waals surface area contributed by atoms with Crippen LogP contribution in [0.5, 0.6) is 0 Å². The summed E-state index contributed by atoms with van der Waals surface area (Å²) in [7, 11) is -2.37. The Labute approximate surface area is 218 Å². The van der Waals surface area contributed by atoms with E-state index >= 15 is 0 Å². The lowest BCUT2D eigenvalue weighted by Crippen LogP contribution is -2.31. The van der Waals surface area contributed by atoms with Gasteiger partial charge in [-0.25, -0.2) is 0 Å². The molecule has 0 saturated carbocycles. The van der Waals surface area contributed by atoms with E-state index in [0.29, 0.717) is 0 Å². The molecule has 0 aliphatic heterocycles. The van der Waals surface area contributed by atoms with Gasteiger partial charge in [-0.2, -0.15) is 0 Å². The quantitative estimate of drug-likeness (QED) is 0.215. The van der Waals surface area contributed by atoms with E-state index in [0.717, 1.165) is 10.3 Å². The second kappa shape index (κ2) is 9.75.